The van der Waals surface area contributed by atoms with Gasteiger partial charge in [0.05, 0.1) is 6.04 Å². The molecule has 0 aromatic carbocycles. The van der Waals surface area contributed by atoms with Gasteiger partial charge in [0.1, 0.15) is 6.10 Å². The summed E-state index contributed by atoms with van der Waals surface area (Å²) in [6.45, 7) is 2.35. The van der Waals surface area contributed by atoms with Gasteiger partial charge in [-0.25, -0.2) is 0 Å². The third-order valence-corrected chi connectivity index (χ3v) is 3.81. The molecule has 0 saturated carbocycles. The van der Waals surface area contributed by atoms with Gasteiger partial charge in [-0.2, -0.15) is 5.10 Å². The predicted molar refractivity (Wildman–Crippen MR) is 66.1 cm³/mol. The zero-order chi connectivity index (χ0) is 12.4. The van der Waals surface area contributed by atoms with Gasteiger partial charge in [0.2, 0.25) is 0 Å². The number of hydrogen-bond donors (Lipinski definition) is 0. The van der Waals surface area contributed by atoms with Crippen molar-refractivity contribution < 1.29 is 9.53 Å². The summed E-state index contributed by atoms with van der Waals surface area (Å²) in [5.41, 5.74) is 0. The zero-order valence-corrected chi connectivity index (χ0v) is 10.5. The van der Waals surface area contributed by atoms with E-state index in [2.05, 4.69) is 5.10 Å². The minimum Gasteiger partial charge on any atom is -0.368 e. The van der Waals surface area contributed by atoms with Crippen LogP contribution in [0.1, 0.15) is 31.7 Å². The molecule has 2 aliphatic rings. The highest BCUT2D eigenvalue weighted by Crippen LogP contribution is 2.23. The predicted octanol–water partition coefficient (Wildman–Crippen LogP) is 1.23. The first-order chi connectivity index (χ1) is 8.84. The van der Waals surface area contributed by atoms with Gasteiger partial charge < -0.3 is 9.64 Å². The second-order valence-corrected chi connectivity index (χ2v) is 5.07. The Labute approximate surface area is 107 Å². The van der Waals surface area contributed by atoms with E-state index in [-0.39, 0.29) is 12.0 Å². The molecule has 5 heteroatoms. The Balaban J connectivity index is 1.64. The Morgan fingerprint density at radius 3 is 3.00 bits per heavy atom. The number of amides is 1. The Morgan fingerprint density at radius 2 is 2.28 bits per heavy atom. The summed E-state index contributed by atoms with van der Waals surface area (Å²) >= 11 is 0. The van der Waals surface area contributed by atoms with Crippen LogP contribution in [-0.2, 0) is 9.53 Å². The molecule has 5 nitrogen and oxygen atoms in total. The van der Waals surface area contributed by atoms with Crippen molar-refractivity contribution in [3.05, 3.63) is 18.5 Å². The van der Waals surface area contributed by atoms with Crippen molar-refractivity contribution in [1.82, 2.24) is 14.7 Å². The number of carbonyl (C=O) groups is 1. The molecule has 0 aliphatic carbocycles. The molecule has 3 heterocycles. The minimum absolute atomic E-state index is 0.171. The van der Waals surface area contributed by atoms with E-state index in [0.29, 0.717) is 6.04 Å². The van der Waals surface area contributed by atoms with Crippen molar-refractivity contribution in [3.63, 3.8) is 0 Å². The molecule has 0 spiro atoms. The summed E-state index contributed by atoms with van der Waals surface area (Å²) in [7, 11) is 0. The maximum Gasteiger partial charge on any atom is 0.251 e. The van der Waals surface area contributed by atoms with Crippen molar-refractivity contribution in [2.24, 2.45) is 0 Å². The molecule has 2 fully saturated rings. The molecule has 2 saturated heterocycles. The van der Waals surface area contributed by atoms with Crippen LogP contribution in [0.3, 0.4) is 0 Å². The van der Waals surface area contributed by atoms with Gasteiger partial charge in [0.15, 0.2) is 0 Å². The number of hydrogen-bond acceptors (Lipinski definition) is 3. The SMILES string of the molecule is O=C([C@H]1CCCO1)N1CCC[C@H](n2cccn2)C1. The molecule has 1 aromatic rings. The number of likely N-dealkylation sites (tertiary alicyclic amines) is 1. The molecule has 0 bridgehead atoms. The van der Waals surface area contributed by atoms with Gasteiger partial charge >= 0.3 is 0 Å². The Morgan fingerprint density at radius 1 is 1.33 bits per heavy atom. The summed E-state index contributed by atoms with van der Waals surface area (Å²) in [6, 6.07) is 2.25. The molecule has 2 aliphatic heterocycles. The van der Waals surface area contributed by atoms with Crippen molar-refractivity contribution in [3.8, 4) is 0 Å². The Hall–Kier alpha value is -1.36. The lowest BCUT2D eigenvalue weighted by atomic mass is 10.0. The molecular formula is C13H19N3O2. The van der Waals surface area contributed by atoms with E-state index in [1.807, 2.05) is 21.8 Å². The summed E-state index contributed by atoms with van der Waals surface area (Å²) in [5.74, 6) is 0.171. The van der Waals surface area contributed by atoms with E-state index in [4.69, 9.17) is 4.74 Å². The molecule has 2 atom stereocenters. The highest BCUT2D eigenvalue weighted by Gasteiger charge is 2.31. The smallest absolute Gasteiger partial charge is 0.251 e. The van der Waals surface area contributed by atoms with E-state index < -0.39 is 0 Å². The van der Waals surface area contributed by atoms with Gasteiger partial charge in [0.25, 0.3) is 5.91 Å². The van der Waals surface area contributed by atoms with E-state index in [1.54, 1.807) is 6.20 Å². The maximum atomic E-state index is 12.3. The summed E-state index contributed by atoms with van der Waals surface area (Å²) in [5, 5.41) is 4.28. The number of aromatic nitrogens is 2. The number of ether oxygens (including phenoxy) is 1. The zero-order valence-electron chi connectivity index (χ0n) is 10.5. The van der Waals surface area contributed by atoms with Crippen LogP contribution in [0.5, 0.6) is 0 Å². The van der Waals surface area contributed by atoms with Crippen LogP contribution in [-0.4, -0.2) is 46.4 Å². The molecule has 1 amide bonds. The van der Waals surface area contributed by atoms with Crippen LogP contribution >= 0.6 is 0 Å². The Kier molecular flexibility index (Phi) is 3.32. The van der Waals surface area contributed by atoms with Crippen LogP contribution in [0.15, 0.2) is 18.5 Å². The first-order valence-corrected chi connectivity index (χ1v) is 6.74. The van der Waals surface area contributed by atoms with Crippen LogP contribution in [0.25, 0.3) is 0 Å². The minimum atomic E-state index is -0.193. The summed E-state index contributed by atoms with van der Waals surface area (Å²) in [4.78, 5) is 14.2. The molecule has 0 radical (unpaired) electrons. The van der Waals surface area contributed by atoms with Gasteiger partial charge in [0, 0.05) is 32.1 Å². The van der Waals surface area contributed by atoms with Gasteiger partial charge in [-0.1, -0.05) is 0 Å². The van der Waals surface area contributed by atoms with Crippen molar-refractivity contribution in [2.75, 3.05) is 19.7 Å². The fourth-order valence-electron chi connectivity index (χ4n) is 2.84. The molecule has 0 unspecified atom stereocenters. The van der Waals surface area contributed by atoms with Crippen LogP contribution in [0, 0.1) is 0 Å². The number of carbonyl (C=O) groups excluding carboxylic acids is 1. The van der Waals surface area contributed by atoms with E-state index in [9.17, 15) is 4.79 Å². The lowest BCUT2D eigenvalue weighted by Gasteiger charge is -2.34. The second kappa shape index (κ2) is 5.10. The van der Waals surface area contributed by atoms with E-state index in [0.717, 1.165) is 45.4 Å². The third-order valence-electron chi connectivity index (χ3n) is 3.81. The highest BCUT2D eigenvalue weighted by atomic mass is 16.5. The second-order valence-electron chi connectivity index (χ2n) is 5.07. The molecule has 1 aromatic heterocycles. The van der Waals surface area contributed by atoms with Gasteiger partial charge in [-0.3, -0.25) is 9.48 Å². The van der Waals surface area contributed by atoms with E-state index >= 15 is 0 Å². The average Bonchev–Trinajstić information content (AvgIpc) is 3.11. The quantitative estimate of drug-likeness (QED) is 0.792. The first kappa shape index (κ1) is 11.7. The number of nitrogens with zero attached hydrogens (tertiary/aromatic N) is 3. The van der Waals surface area contributed by atoms with Crippen LogP contribution in [0.2, 0.25) is 0 Å². The average molecular weight is 249 g/mol. The monoisotopic (exact) mass is 249 g/mol. The van der Waals surface area contributed by atoms with Crippen LogP contribution in [0.4, 0.5) is 0 Å². The molecule has 0 N–H and O–H groups in total. The number of rotatable bonds is 2. The van der Waals surface area contributed by atoms with E-state index in [1.165, 1.54) is 0 Å². The summed E-state index contributed by atoms with van der Waals surface area (Å²) < 4.78 is 7.45. The van der Waals surface area contributed by atoms with Crippen molar-refractivity contribution >= 4 is 5.91 Å². The first-order valence-electron chi connectivity index (χ1n) is 6.74. The third kappa shape index (κ3) is 2.27. The van der Waals surface area contributed by atoms with Crippen molar-refractivity contribution in [1.29, 1.82) is 0 Å². The number of piperidine rings is 1. The van der Waals surface area contributed by atoms with Crippen LogP contribution < -0.4 is 0 Å². The fourth-order valence-corrected chi connectivity index (χ4v) is 2.84. The molecular weight excluding hydrogens is 230 g/mol. The lowest BCUT2D eigenvalue weighted by Crippen LogP contribution is -2.45. The molecule has 3 rings (SSSR count). The molecule has 98 valence electrons. The lowest BCUT2D eigenvalue weighted by molar-refractivity contribution is -0.142. The van der Waals surface area contributed by atoms with Gasteiger partial charge in [-0.15, -0.1) is 0 Å². The maximum absolute atomic E-state index is 12.3. The standard InChI is InChI=1S/C13H19N3O2/c17-13(12-5-2-9-18-12)15-7-1-4-11(10-15)16-8-3-6-14-16/h3,6,8,11-12H,1-2,4-5,7,9-10H2/t11-,12+/m0/s1. The Bertz CT molecular complexity index is 398. The largest absolute Gasteiger partial charge is 0.368 e. The normalized spacial score (nSPS) is 28.6. The summed E-state index contributed by atoms with van der Waals surface area (Å²) in [6.07, 6.45) is 7.60. The van der Waals surface area contributed by atoms with Crippen molar-refractivity contribution in [2.45, 2.75) is 37.8 Å². The fraction of sp³-hybridized carbons (Fsp3) is 0.692. The van der Waals surface area contributed by atoms with Gasteiger partial charge in [-0.05, 0) is 31.7 Å². The molecule has 18 heavy (non-hydrogen) atoms. The topological polar surface area (TPSA) is 47.4 Å². The highest BCUT2D eigenvalue weighted by molar-refractivity contribution is 5.81.